The van der Waals surface area contributed by atoms with Crippen LogP contribution >= 0.6 is 11.8 Å². The van der Waals surface area contributed by atoms with E-state index in [9.17, 15) is 5.21 Å². The van der Waals surface area contributed by atoms with Crippen molar-refractivity contribution in [1.82, 2.24) is 5.06 Å². The summed E-state index contributed by atoms with van der Waals surface area (Å²) in [4.78, 5) is 0. The molecule has 1 unspecified atom stereocenters. The fourth-order valence-electron chi connectivity index (χ4n) is 0.575. The van der Waals surface area contributed by atoms with Gasteiger partial charge in [0.25, 0.3) is 0 Å². The van der Waals surface area contributed by atoms with E-state index in [-0.39, 0.29) is 5.37 Å². The summed E-state index contributed by atoms with van der Waals surface area (Å²) in [5.41, 5.74) is 0. The zero-order valence-electron chi connectivity index (χ0n) is 4.26. The molecule has 0 aromatic heterocycles. The molecule has 7 heavy (non-hydrogen) atoms. The predicted molar refractivity (Wildman–Crippen MR) is 32.0 cm³/mol. The minimum Gasteiger partial charge on any atom is -0.784 e. The first-order chi connectivity index (χ1) is 3.34. The zero-order chi connectivity index (χ0) is 5.28. The van der Waals surface area contributed by atoms with E-state index >= 15 is 0 Å². The van der Waals surface area contributed by atoms with Gasteiger partial charge in [0.05, 0.1) is 0 Å². The first-order valence-electron chi connectivity index (χ1n) is 2.31. The van der Waals surface area contributed by atoms with Crippen molar-refractivity contribution < 1.29 is 0 Å². The van der Waals surface area contributed by atoms with E-state index in [0.717, 1.165) is 18.0 Å². The van der Waals surface area contributed by atoms with Crippen LogP contribution in [-0.4, -0.2) is 23.2 Å². The molecule has 3 heteroatoms. The molecule has 0 saturated carbocycles. The SMILES string of the molecule is CSC1CCN1[O-]. The number of thioether (sulfide) groups is 1. The van der Waals surface area contributed by atoms with Gasteiger partial charge < -0.3 is 10.3 Å². The minimum absolute atomic E-state index is 0.278. The summed E-state index contributed by atoms with van der Waals surface area (Å²) in [5.74, 6) is 0. The first kappa shape index (κ1) is 5.41. The summed E-state index contributed by atoms with van der Waals surface area (Å²) in [6.45, 7) is 0.742. The molecule has 1 rings (SSSR count). The van der Waals surface area contributed by atoms with Crippen LogP contribution in [0.4, 0.5) is 0 Å². The van der Waals surface area contributed by atoms with E-state index in [2.05, 4.69) is 0 Å². The van der Waals surface area contributed by atoms with Crippen LogP contribution < -0.4 is 0 Å². The molecule has 1 aliphatic heterocycles. The van der Waals surface area contributed by atoms with Gasteiger partial charge in [-0.15, -0.1) is 11.8 Å². The lowest BCUT2D eigenvalue weighted by Gasteiger charge is -2.45. The molecule has 0 aromatic carbocycles. The normalized spacial score (nSPS) is 32.6. The Morgan fingerprint density at radius 1 is 1.86 bits per heavy atom. The van der Waals surface area contributed by atoms with Crippen molar-refractivity contribution in [2.24, 2.45) is 0 Å². The summed E-state index contributed by atoms with van der Waals surface area (Å²) in [7, 11) is 0. The lowest BCUT2D eigenvalue weighted by atomic mass is 10.3. The van der Waals surface area contributed by atoms with E-state index in [1.54, 1.807) is 11.8 Å². The molecule has 0 spiro atoms. The molecule has 0 amide bonds. The zero-order valence-corrected chi connectivity index (χ0v) is 5.07. The molecule has 1 fully saturated rings. The van der Waals surface area contributed by atoms with Crippen LogP contribution in [0.25, 0.3) is 0 Å². The van der Waals surface area contributed by atoms with Crippen molar-refractivity contribution in [3.63, 3.8) is 0 Å². The Kier molecular flexibility index (Phi) is 1.57. The number of hydroxylamine groups is 2. The highest BCUT2D eigenvalue weighted by Gasteiger charge is 2.17. The lowest BCUT2D eigenvalue weighted by molar-refractivity contribution is 0.234. The summed E-state index contributed by atoms with van der Waals surface area (Å²) >= 11 is 1.63. The smallest absolute Gasteiger partial charge is 0.0453 e. The summed E-state index contributed by atoms with van der Waals surface area (Å²) in [5, 5.41) is 11.8. The van der Waals surface area contributed by atoms with Crippen LogP contribution in [0, 0.1) is 5.21 Å². The van der Waals surface area contributed by atoms with Crippen molar-refractivity contribution in [3.8, 4) is 0 Å². The molecule has 0 N–H and O–H groups in total. The van der Waals surface area contributed by atoms with E-state index < -0.39 is 0 Å². The standard InChI is InChI=1S/C4H8NOS/c1-7-4-2-3-5(4)6/h4H,2-3H2,1H3/q-1. The Balaban J connectivity index is 2.16. The second kappa shape index (κ2) is 2.03. The van der Waals surface area contributed by atoms with Crippen LogP contribution in [0.2, 0.25) is 0 Å². The van der Waals surface area contributed by atoms with Gasteiger partial charge in [-0.1, -0.05) is 0 Å². The quantitative estimate of drug-likeness (QED) is 0.511. The molecule has 0 bridgehead atoms. The Morgan fingerprint density at radius 3 is 2.57 bits per heavy atom. The third-order valence-electron chi connectivity index (χ3n) is 1.19. The van der Waals surface area contributed by atoms with E-state index in [1.165, 1.54) is 0 Å². The van der Waals surface area contributed by atoms with Crippen molar-refractivity contribution >= 4 is 11.8 Å². The lowest BCUT2D eigenvalue weighted by Crippen LogP contribution is -2.40. The van der Waals surface area contributed by atoms with Gasteiger partial charge in [0.2, 0.25) is 0 Å². The molecular formula is C4H8NOS-. The van der Waals surface area contributed by atoms with Gasteiger partial charge in [0, 0.05) is 5.37 Å². The van der Waals surface area contributed by atoms with Gasteiger partial charge in [0.1, 0.15) is 0 Å². The van der Waals surface area contributed by atoms with Gasteiger partial charge in [-0.2, -0.15) is 0 Å². The highest BCUT2D eigenvalue weighted by atomic mass is 32.2. The van der Waals surface area contributed by atoms with Crippen molar-refractivity contribution in [2.45, 2.75) is 11.8 Å². The third-order valence-corrected chi connectivity index (χ3v) is 2.20. The molecule has 42 valence electrons. The maximum atomic E-state index is 10.4. The van der Waals surface area contributed by atoms with E-state index in [0.29, 0.717) is 0 Å². The van der Waals surface area contributed by atoms with Crippen molar-refractivity contribution in [2.75, 3.05) is 12.8 Å². The second-order valence-electron chi connectivity index (χ2n) is 1.62. The Bertz CT molecular complexity index is 66.7. The van der Waals surface area contributed by atoms with E-state index in [1.807, 2.05) is 6.26 Å². The highest BCUT2D eigenvalue weighted by molar-refractivity contribution is 7.99. The van der Waals surface area contributed by atoms with Gasteiger partial charge >= 0.3 is 0 Å². The first-order valence-corrected chi connectivity index (χ1v) is 3.60. The Morgan fingerprint density at radius 2 is 2.57 bits per heavy atom. The minimum atomic E-state index is 0.278. The van der Waals surface area contributed by atoms with Crippen molar-refractivity contribution in [1.29, 1.82) is 0 Å². The molecule has 1 heterocycles. The highest BCUT2D eigenvalue weighted by Crippen LogP contribution is 2.23. The maximum absolute atomic E-state index is 10.4. The fourth-order valence-corrected chi connectivity index (χ4v) is 1.26. The van der Waals surface area contributed by atoms with Crippen LogP contribution in [0.3, 0.4) is 0 Å². The molecular weight excluding hydrogens is 110 g/mol. The fraction of sp³-hybridized carbons (Fsp3) is 1.00. The van der Waals surface area contributed by atoms with Gasteiger partial charge in [0.15, 0.2) is 0 Å². The Hall–Kier alpha value is 0.270. The molecule has 1 atom stereocenters. The number of hydrogen-bond acceptors (Lipinski definition) is 3. The van der Waals surface area contributed by atoms with Crippen LogP contribution in [0.15, 0.2) is 0 Å². The molecule has 1 aliphatic rings. The van der Waals surface area contributed by atoms with Crippen molar-refractivity contribution in [3.05, 3.63) is 5.21 Å². The topological polar surface area (TPSA) is 26.3 Å². The third kappa shape index (κ3) is 0.900. The second-order valence-corrected chi connectivity index (χ2v) is 2.64. The van der Waals surface area contributed by atoms with E-state index in [4.69, 9.17) is 0 Å². The van der Waals surface area contributed by atoms with Gasteiger partial charge in [-0.3, -0.25) is 0 Å². The van der Waals surface area contributed by atoms with Crippen LogP contribution in [0.1, 0.15) is 6.42 Å². The summed E-state index contributed by atoms with van der Waals surface area (Å²) in [6, 6.07) is 0. The summed E-state index contributed by atoms with van der Waals surface area (Å²) < 4.78 is 0. The molecule has 2 nitrogen and oxygen atoms in total. The van der Waals surface area contributed by atoms with Crippen LogP contribution in [-0.2, 0) is 0 Å². The maximum Gasteiger partial charge on any atom is 0.0453 e. The largest absolute Gasteiger partial charge is 0.784 e. The number of hydrogen-bond donors (Lipinski definition) is 0. The van der Waals surface area contributed by atoms with Gasteiger partial charge in [-0.25, -0.2) is 0 Å². The van der Waals surface area contributed by atoms with Gasteiger partial charge in [-0.05, 0) is 19.2 Å². The number of rotatable bonds is 1. The molecule has 1 saturated heterocycles. The molecule has 0 aliphatic carbocycles. The molecule has 0 radical (unpaired) electrons. The summed E-state index contributed by atoms with van der Waals surface area (Å²) in [6.07, 6.45) is 3.04. The average Bonchev–Trinajstić information content (AvgIpc) is 1.65. The van der Waals surface area contributed by atoms with Crippen LogP contribution in [0.5, 0.6) is 0 Å². The average molecular weight is 118 g/mol. The number of nitrogens with zero attached hydrogens (tertiary/aromatic N) is 1. The molecule has 0 aromatic rings. The Labute approximate surface area is 47.5 Å². The predicted octanol–water partition coefficient (Wildman–Crippen LogP) is 0.879. The monoisotopic (exact) mass is 118 g/mol.